The van der Waals surface area contributed by atoms with E-state index in [2.05, 4.69) is 81.1 Å². The summed E-state index contributed by atoms with van der Waals surface area (Å²) in [6, 6.07) is 6.72. The van der Waals surface area contributed by atoms with Crippen LogP contribution in [0.15, 0.2) is 18.2 Å². The standard InChI is InChI=1S/C29H35N5/c1-8-20-17(4)27-13-29-21(14-30-7)18(5)26(34-29)11-22-15(2)9-24(31-22)19(6)25-10-16(3)23(32-25)12-28(20)33-27/h10-13,15,30,33-34H,8-9,14H2,1-7H3/t15-/m0/s1. The first-order valence-electron chi connectivity index (χ1n) is 12.3. The van der Waals surface area contributed by atoms with Gasteiger partial charge in [-0.1, -0.05) is 13.8 Å². The van der Waals surface area contributed by atoms with E-state index in [1.54, 1.807) is 0 Å². The van der Waals surface area contributed by atoms with Gasteiger partial charge >= 0.3 is 0 Å². The predicted octanol–water partition coefficient (Wildman–Crippen LogP) is 6.43. The van der Waals surface area contributed by atoms with Crippen LogP contribution in [0.5, 0.6) is 0 Å². The maximum absolute atomic E-state index is 5.08. The highest BCUT2D eigenvalue weighted by Crippen LogP contribution is 2.31. The van der Waals surface area contributed by atoms with Crippen molar-refractivity contribution in [2.45, 2.75) is 66.8 Å². The van der Waals surface area contributed by atoms with Crippen molar-refractivity contribution in [2.75, 3.05) is 7.05 Å². The Hall–Kier alpha value is -3.18. The zero-order valence-corrected chi connectivity index (χ0v) is 21.4. The zero-order valence-electron chi connectivity index (χ0n) is 21.4. The number of aromatic amines is 2. The number of hydrogen-bond donors (Lipinski definition) is 3. The summed E-state index contributed by atoms with van der Waals surface area (Å²) in [4.78, 5) is 17.5. The molecule has 34 heavy (non-hydrogen) atoms. The SMILES string of the molecule is CCc1c(C)c2cc3[nH]c(cc4nc(c(C)c5nc(cc1[nH]2)C(C)=C5)C[C@@H]4C)c(C)c3CNC. The minimum atomic E-state index is 0.380. The van der Waals surface area contributed by atoms with Gasteiger partial charge in [0.25, 0.3) is 0 Å². The fourth-order valence-corrected chi connectivity index (χ4v) is 5.31. The molecule has 0 saturated carbocycles. The van der Waals surface area contributed by atoms with Gasteiger partial charge in [-0.2, -0.15) is 0 Å². The molecule has 5 heterocycles. The zero-order chi connectivity index (χ0) is 24.1. The van der Waals surface area contributed by atoms with Crippen LogP contribution in [0.25, 0.3) is 33.7 Å². The van der Waals surface area contributed by atoms with Crippen LogP contribution in [0.1, 0.15) is 77.3 Å². The highest BCUT2D eigenvalue weighted by atomic mass is 14.8. The molecule has 0 radical (unpaired) electrons. The molecule has 5 heteroatoms. The second-order valence-corrected chi connectivity index (χ2v) is 9.85. The van der Waals surface area contributed by atoms with Crippen molar-refractivity contribution in [3.8, 4) is 0 Å². The molecule has 0 aliphatic carbocycles. The number of rotatable bonds is 3. The summed E-state index contributed by atoms with van der Waals surface area (Å²) in [7, 11) is 2.00. The lowest BCUT2D eigenvalue weighted by atomic mass is 10.0. The molecule has 0 amide bonds. The van der Waals surface area contributed by atoms with Crippen LogP contribution in [0.3, 0.4) is 0 Å². The Labute approximate surface area is 201 Å². The van der Waals surface area contributed by atoms with Crippen LogP contribution in [-0.4, -0.2) is 27.0 Å². The molecule has 0 fully saturated rings. The average molecular weight is 454 g/mol. The van der Waals surface area contributed by atoms with Gasteiger partial charge in [-0.15, -0.1) is 0 Å². The van der Waals surface area contributed by atoms with Crippen LogP contribution in [-0.2, 0) is 19.4 Å². The van der Waals surface area contributed by atoms with Crippen LogP contribution in [0.4, 0.5) is 0 Å². The lowest BCUT2D eigenvalue weighted by Gasteiger charge is -2.00. The van der Waals surface area contributed by atoms with Gasteiger partial charge in [-0.05, 0) is 105 Å². The summed E-state index contributed by atoms with van der Waals surface area (Å²) in [5.41, 5.74) is 16.5. The van der Waals surface area contributed by atoms with E-state index in [4.69, 9.17) is 9.97 Å². The van der Waals surface area contributed by atoms with Crippen molar-refractivity contribution in [1.82, 2.24) is 25.3 Å². The molecule has 3 N–H and O–H groups in total. The summed E-state index contributed by atoms with van der Waals surface area (Å²) in [5, 5.41) is 3.35. The van der Waals surface area contributed by atoms with E-state index in [1.165, 1.54) is 33.4 Å². The van der Waals surface area contributed by atoms with E-state index >= 15 is 0 Å². The first-order chi connectivity index (χ1) is 16.3. The number of nitrogens with zero attached hydrogens (tertiary/aromatic N) is 2. The summed E-state index contributed by atoms with van der Waals surface area (Å²) >= 11 is 0. The number of hydrogen-bond acceptors (Lipinski definition) is 3. The third kappa shape index (κ3) is 3.68. The van der Waals surface area contributed by atoms with E-state index in [0.717, 1.165) is 64.2 Å². The lowest BCUT2D eigenvalue weighted by Crippen LogP contribution is -2.05. The van der Waals surface area contributed by atoms with Crippen LogP contribution in [0, 0.1) is 20.8 Å². The topological polar surface area (TPSA) is 69.4 Å². The third-order valence-corrected chi connectivity index (χ3v) is 7.56. The van der Waals surface area contributed by atoms with E-state index in [0.29, 0.717) is 5.92 Å². The molecule has 3 aromatic rings. The van der Waals surface area contributed by atoms with E-state index in [1.807, 2.05) is 7.05 Å². The fourth-order valence-electron chi connectivity index (χ4n) is 5.31. The molecule has 0 unspecified atom stereocenters. The summed E-state index contributed by atoms with van der Waals surface area (Å²) < 4.78 is 0. The Balaban J connectivity index is 1.96. The fraction of sp³-hybridized carbons (Fsp3) is 0.379. The largest absolute Gasteiger partial charge is 0.355 e. The first-order valence-corrected chi connectivity index (χ1v) is 12.3. The van der Waals surface area contributed by atoms with Gasteiger partial charge in [0.05, 0.1) is 11.4 Å². The Morgan fingerprint density at radius 2 is 1.56 bits per heavy atom. The van der Waals surface area contributed by atoms with Crippen molar-refractivity contribution < 1.29 is 0 Å². The van der Waals surface area contributed by atoms with Crippen molar-refractivity contribution >= 4 is 33.7 Å². The Bertz CT molecular complexity index is 1480. The van der Waals surface area contributed by atoms with Gasteiger partial charge in [0.15, 0.2) is 0 Å². The third-order valence-electron chi connectivity index (χ3n) is 7.56. The summed E-state index contributed by atoms with van der Waals surface area (Å²) in [6.45, 7) is 14.0. The lowest BCUT2D eigenvalue weighted by molar-refractivity contribution is 0.793. The quantitative estimate of drug-likeness (QED) is 0.428. The van der Waals surface area contributed by atoms with Gasteiger partial charge < -0.3 is 15.3 Å². The normalized spacial score (nSPS) is 15.6. The molecule has 2 aliphatic rings. The van der Waals surface area contributed by atoms with Crippen LogP contribution >= 0.6 is 0 Å². The van der Waals surface area contributed by atoms with Crippen LogP contribution in [0.2, 0.25) is 0 Å². The van der Waals surface area contributed by atoms with Gasteiger partial charge in [-0.3, -0.25) is 4.98 Å². The number of H-pyrrole nitrogens is 2. The molecular formula is C29H35N5. The molecule has 3 aromatic heterocycles. The minimum Gasteiger partial charge on any atom is -0.355 e. The maximum Gasteiger partial charge on any atom is 0.0687 e. The van der Waals surface area contributed by atoms with E-state index in [-0.39, 0.29) is 0 Å². The van der Waals surface area contributed by atoms with Gasteiger partial charge in [0, 0.05) is 45.9 Å². The Morgan fingerprint density at radius 1 is 0.882 bits per heavy atom. The maximum atomic E-state index is 5.08. The minimum absolute atomic E-state index is 0.380. The van der Waals surface area contributed by atoms with Crippen molar-refractivity contribution in [3.63, 3.8) is 0 Å². The highest BCUT2D eigenvalue weighted by molar-refractivity contribution is 5.85. The molecule has 176 valence electrons. The number of allylic oxidation sites excluding steroid dienone is 1. The molecule has 5 nitrogen and oxygen atoms in total. The number of nitrogens with one attached hydrogen (secondary N) is 3. The monoisotopic (exact) mass is 453 g/mol. The molecule has 1 atom stereocenters. The molecule has 0 spiro atoms. The Kier molecular flexibility index (Phi) is 5.68. The number of aromatic nitrogens is 4. The van der Waals surface area contributed by atoms with Crippen LogP contribution < -0.4 is 5.32 Å². The number of aryl methyl sites for hydroxylation is 3. The average Bonchev–Trinajstić information content (AvgIpc) is 3.51. The molecule has 0 aromatic carbocycles. The van der Waals surface area contributed by atoms with Gasteiger partial charge in [0.1, 0.15) is 0 Å². The predicted molar refractivity (Wildman–Crippen MR) is 143 cm³/mol. The van der Waals surface area contributed by atoms with E-state index < -0.39 is 0 Å². The van der Waals surface area contributed by atoms with Gasteiger partial charge in [-0.25, -0.2) is 4.98 Å². The van der Waals surface area contributed by atoms with E-state index in [9.17, 15) is 0 Å². The highest BCUT2D eigenvalue weighted by Gasteiger charge is 2.20. The smallest absolute Gasteiger partial charge is 0.0687 e. The number of fused-ring (bicyclic) bond motifs is 8. The first kappa shape index (κ1) is 22.6. The molecular weight excluding hydrogens is 418 g/mol. The molecule has 2 aliphatic heterocycles. The van der Waals surface area contributed by atoms with Gasteiger partial charge in [0.2, 0.25) is 0 Å². The van der Waals surface area contributed by atoms with Crippen molar-refractivity contribution in [1.29, 1.82) is 0 Å². The molecule has 5 rings (SSSR count). The van der Waals surface area contributed by atoms with Crippen molar-refractivity contribution in [2.24, 2.45) is 0 Å². The second-order valence-electron chi connectivity index (χ2n) is 9.85. The van der Waals surface area contributed by atoms with Crippen molar-refractivity contribution in [3.05, 3.63) is 68.8 Å². The molecule has 8 bridgehead atoms. The second kappa shape index (κ2) is 8.55. The summed E-state index contributed by atoms with van der Waals surface area (Å²) in [5.74, 6) is 0.380. The summed E-state index contributed by atoms with van der Waals surface area (Å²) in [6.07, 6.45) is 4.12. The Morgan fingerprint density at radius 3 is 2.26 bits per heavy atom. The molecule has 0 saturated heterocycles.